The summed E-state index contributed by atoms with van der Waals surface area (Å²) in [5.41, 5.74) is -2.46. The molecule has 184 valence electrons. The number of rotatable bonds is 5. The first-order valence-corrected chi connectivity index (χ1v) is 12.1. The second kappa shape index (κ2) is 7.81. The summed E-state index contributed by atoms with van der Waals surface area (Å²) < 4.78 is 98.1. The first kappa shape index (κ1) is 24.7. The number of hydrogen-bond acceptors (Lipinski definition) is 4. The van der Waals surface area contributed by atoms with Crippen LogP contribution in [0, 0.1) is 0 Å². The Morgan fingerprint density at radius 2 is 1.68 bits per heavy atom. The molecule has 0 radical (unpaired) electrons. The first-order valence-electron chi connectivity index (χ1n) is 10.3. The Hall–Kier alpha value is -2.40. The number of benzene rings is 2. The number of alkyl halides is 5. The van der Waals surface area contributed by atoms with Crippen molar-refractivity contribution >= 4 is 38.3 Å². The molecule has 1 fully saturated rings. The molecule has 5 nitrogen and oxygen atoms in total. The summed E-state index contributed by atoms with van der Waals surface area (Å²) in [6.45, 7) is 2.13. The summed E-state index contributed by atoms with van der Waals surface area (Å²) in [6, 6.07) is 6.97. The summed E-state index contributed by atoms with van der Waals surface area (Å²) in [5.74, 6) is -6.60. The van der Waals surface area contributed by atoms with Gasteiger partial charge in [0.25, 0.3) is 21.9 Å². The van der Waals surface area contributed by atoms with Crippen molar-refractivity contribution in [1.29, 1.82) is 0 Å². The number of aromatic nitrogens is 2. The molecule has 1 aromatic heterocycles. The van der Waals surface area contributed by atoms with Crippen LogP contribution in [-0.2, 0) is 15.9 Å². The Labute approximate surface area is 198 Å². The second-order valence-electron chi connectivity index (χ2n) is 8.99. The van der Waals surface area contributed by atoms with Gasteiger partial charge in [-0.05, 0) is 38.1 Å². The van der Waals surface area contributed by atoms with Gasteiger partial charge in [0.2, 0.25) is 0 Å². The minimum absolute atomic E-state index is 0.0157. The molecule has 1 unspecified atom stereocenters. The third-order valence-corrected chi connectivity index (χ3v) is 7.74. The van der Waals surface area contributed by atoms with Gasteiger partial charge in [-0.3, -0.25) is 0 Å². The molecule has 0 spiro atoms. The van der Waals surface area contributed by atoms with Gasteiger partial charge in [-0.25, -0.2) is 22.0 Å². The molecule has 2 heterocycles. The Morgan fingerprint density at radius 1 is 1.06 bits per heavy atom. The molecule has 1 aliphatic rings. The van der Waals surface area contributed by atoms with E-state index in [0.29, 0.717) is 11.0 Å². The highest BCUT2D eigenvalue weighted by Gasteiger charge is 2.52. The van der Waals surface area contributed by atoms with E-state index in [1.807, 2.05) is 0 Å². The van der Waals surface area contributed by atoms with Crippen molar-refractivity contribution in [3.8, 4) is 0 Å². The van der Waals surface area contributed by atoms with E-state index in [-0.39, 0.29) is 32.2 Å². The van der Waals surface area contributed by atoms with Crippen LogP contribution < -0.4 is 4.90 Å². The first-order chi connectivity index (χ1) is 15.5. The Kier molecular flexibility index (Phi) is 5.68. The van der Waals surface area contributed by atoms with Crippen molar-refractivity contribution in [2.24, 2.45) is 0 Å². The van der Waals surface area contributed by atoms with Crippen LogP contribution in [-0.4, -0.2) is 41.8 Å². The van der Waals surface area contributed by atoms with E-state index in [0.717, 1.165) is 43.0 Å². The van der Waals surface area contributed by atoms with Crippen LogP contribution in [0.5, 0.6) is 0 Å². The van der Waals surface area contributed by atoms with E-state index in [1.54, 1.807) is 0 Å². The minimum Gasteiger partial charge on any atom is -0.342 e. The predicted octanol–water partition coefficient (Wildman–Crippen LogP) is 6.00. The lowest BCUT2D eigenvalue weighted by Gasteiger charge is -2.31. The van der Waals surface area contributed by atoms with E-state index in [9.17, 15) is 30.4 Å². The highest BCUT2D eigenvalue weighted by atomic mass is 35.5. The second-order valence-corrected chi connectivity index (χ2v) is 11.2. The summed E-state index contributed by atoms with van der Waals surface area (Å²) in [5, 5.41) is 4.21. The fourth-order valence-electron chi connectivity index (χ4n) is 4.14. The Morgan fingerprint density at radius 3 is 2.24 bits per heavy atom. The lowest BCUT2D eigenvalue weighted by atomic mass is 9.97. The van der Waals surface area contributed by atoms with Crippen molar-refractivity contribution in [3.05, 3.63) is 53.1 Å². The predicted molar refractivity (Wildman–Crippen MR) is 119 cm³/mol. The van der Waals surface area contributed by atoms with E-state index in [4.69, 9.17) is 11.6 Å². The van der Waals surface area contributed by atoms with Gasteiger partial charge in [-0.15, -0.1) is 5.10 Å². The van der Waals surface area contributed by atoms with E-state index >= 15 is 0 Å². The third-order valence-electron chi connectivity index (χ3n) is 5.83. The fourth-order valence-corrected chi connectivity index (χ4v) is 5.67. The number of fused-ring (bicyclic) bond motifs is 1. The van der Waals surface area contributed by atoms with E-state index in [1.165, 1.54) is 18.2 Å². The van der Waals surface area contributed by atoms with Gasteiger partial charge in [0, 0.05) is 18.9 Å². The lowest BCUT2D eigenvalue weighted by Crippen LogP contribution is -2.43. The summed E-state index contributed by atoms with van der Waals surface area (Å²) >= 11 is 6.31. The van der Waals surface area contributed by atoms with Crippen molar-refractivity contribution in [2.45, 2.75) is 55.6 Å². The number of anilines is 1. The van der Waals surface area contributed by atoms with Crippen LogP contribution in [0.4, 0.5) is 27.8 Å². The molecule has 3 aromatic rings. The largest absolute Gasteiger partial charge is 0.342 e. The summed E-state index contributed by atoms with van der Waals surface area (Å²) in [4.78, 5) is 0.701. The normalized spacial score (nSPS) is 19.2. The van der Waals surface area contributed by atoms with E-state index < -0.39 is 46.5 Å². The zero-order valence-corrected chi connectivity index (χ0v) is 19.9. The Balaban J connectivity index is 1.91. The highest BCUT2D eigenvalue weighted by molar-refractivity contribution is 7.90. The molecule has 2 aromatic carbocycles. The van der Waals surface area contributed by atoms with Crippen LogP contribution in [0.3, 0.4) is 0 Å². The van der Waals surface area contributed by atoms with Crippen molar-refractivity contribution < 1.29 is 30.4 Å². The minimum atomic E-state index is -4.44. The van der Waals surface area contributed by atoms with Gasteiger partial charge >= 0.3 is 0 Å². The molecule has 1 saturated heterocycles. The molecular weight excluding hydrogens is 501 g/mol. The quantitative estimate of drug-likeness (QED) is 0.386. The smallest absolute Gasteiger partial charge is 0.283 e. The molecule has 12 heteroatoms. The van der Waals surface area contributed by atoms with E-state index in [2.05, 4.69) is 5.10 Å². The standard InChI is InChI=1S/C22H21ClF5N3O2S/c1-20(2,24)17-11-22(27,28)12-30(17)19-18-15(23)5-4-6-16(18)31(29-19)34(32,33)14-9-7-13(8-10-14)21(3,25)26/h4-10,17H,11-12H2,1-3H3. The number of halogens is 6. The molecule has 0 bridgehead atoms. The Bertz CT molecular complexity index is 1350. The van der Waals surface area contributed by atoms with Gasteiger partial charge < -0.3 is 4.90 Å². The monoisotopic (exact) mass is 521 g/mol. The van der Waals surface area contributed by atoms with Crippen molar-refractivity contribution in [3.63, 3.8) is 0 Å². The molecule has 4 rings (SSSR count). The maximum absolute atomic E-state index is 14.9. The molecular formula is C22H21ClF5N3O2S. The van der Waals surface area contributed by atoms with Crippen LogP contribution in [0.25, 0.3) is 10.9 Å². The summed E-state index contributed by atoms with van der Waals surface area (Å²) in [6.07, 6.45) is -0.783. The summed E-state index contributed by atoms with van der Waals surface area (Å²) in [7, 11) is -4.44. The van der Waals surface area contributed by atoms with Gasteiger partial charge in [0.15, 0.2) is 5.82 Å². The number of nitrogens with zero attached hydrogens (tertiary/aromatic N) is 3. The SMILES string of the molecule is CC(F)(F)c1ccc(S(=O)(=O)n2nc(N3CC(F)(F)CC3C(C)(C)F)c3c(Cl)cccc32)cc1. The van der Waals surface area contributed by atoms with Crippen LogP contribution >= 0.6 is 11.6 Å². The molecule has 1 aliphatic heterocycles. The van der Waals surface area contributed by atoms with Crippen LogP contribution in [0.2, 0.25) is 5.02 Å². The van der Waals surface area contributed by atoms with Crippen molar-refractivity contribution in [1.82, 2.24) is 9.19 Å². The molecule has 0 saturated carbocycles. The van der Waals surface area contributed by atoms with Gasteiger partial charge in [0.05, 0.1) is 33.4 Å². The maximum atomic E-state index is 14.9. The lowest BCUT2D eigenvalue weighted by molar-refractivity contribution is 0.0142. The van der Waals surface area contributed by atoms with Gasteiger partial charge in [-0.1, -0.05) is 29.8 Å². The van der Waals surface area contributed by atoms with Gasteiger partial charge in [0.1, 0.15) is 5.67 Å². The third kappa shape index (κ3) is 4.24. The average Bonchev–Trinajstić information content (AvgIpc) is 3.26. The highest BCUT2D eigenvalue weighted by Crippen LogP contribution is 2.44. The fraction of sp³-hybridized carbons (Fsp3) is 0.409. The van der Waals surface area contributed by atoms with Gasteiger partial charge in [-0.2, -0.15) is 12.5 Å². The number of hydrogen-bond donors (Lipinski definition) is 0. The molecule has 0 aliphatic carbocycles. The zero-order valence-electron chi connectivity index (χ0n) is 18.4. The molecule has 34 heavy (non-hydrogen) atoms. The maximum Gasteiger partial charge on any atom is 0.283 e. The zero-order chi connectivity index (χ0) is 25.3. The van der Waals surface area contributed by atoms with Crippen LogP contribution in [0.1, 0.15) is 32.8 Å². The molecule has 0 N–H and O–H groups in total. The molecule has 0 amide bonds. The average molecular weight is 522 g/mol. The van der Waals surface area contributed by atoms with Crippen molar-refractivity contribution in [2.75, 3.05) is 11.4 Å². The van der Waals surface area contributed by atoms with Crippen LogP contribution in [0.15, 0.2) is 47.4 Å². The molecule has 1 atom stereocenters. The topological polar surface area (TPSA) is 55.2 Å².